The maximum Gasteiger partial charge on any atom is 0.265 e. The molecule has 0 aliphatic rings. The minimum atomic E-state index is -3.76. The predicted molar refractivity (Wildman–Crippen MR) is 84.5 cm³/mol. The van der Waals surface area contributed by atoms with Crippen molar-refractivity contribution < 1.29 is 13.2 Å². The second kappa shape index (κ2) is 5.87. The summed E-state index contributed by atoms with van der Waals surface area (Å²) in [7, 11) is -0.813. The fourth-order valence-electron chi connectivity index (χ4n) is 1.82. The van der Waals surface area contributed by atoms with E-state index in [9.17, 15) is 13.2 Å². The van der Waals surface area contributed by atoms with Crippen LogP contribution in [0.3, 0.4) is 0 Å². The zero-order valence-corrected chi connectivity index (χ0v) is 13.6. The summed E-state index contributed by atoms with van der Waals surface area (Å²) in [5.74, 6) is -0.402. The molecule has 1 aromatic carbocycles. The molecular weight excluding hydrogens is 308 g/mol. The zero-order chi connectivity index (χ0) is 15.6. The molecule has 2 rings (SSSR count). The van der Waals surface area contributed by atoms with Crippen molar-refractivity contribution in [3.63, 3.8) is 0 Å². The normalized spacial score (nSPS) is 11.2. The second-order valence-electron chi connectivity index (χ2n) is 4.50. The summed E-state index contributed by atoms with van der Waals surface area (Å²) in [6.07, 6.45) is 0. The monoisotopic (exact) mass is 324 g/mol. The summed E-state index contributed by atoms with van der Waals surface area (Å²) in [6, 6.07) is 8.61. The van der Waals surface area contributed by atoms with Gasteiger partial charge >= 0.3 is 0 Å². The fourth-order valence-corrected chi connectivity index (χ4v) is 4.36. The predicted octanol–water partition coefficient (Wildman–Crippen LogP) is 2.24. The van der Waals surface area contributed by atoms with Crippen LogP contribution in [-0.4, -0.2) is 28.4 Å². The molecule has 1 heterocycles. The van der Waals surface area contributed by atoms with Crippen molar-refractivity contribution in [2.24, 2.45) is 0 Å². The molecule has 0 aliphatic heterocycles. The van der Waals surface area contributed by atoms with Crippen molar-refractivity contribution in [1.82, 2.24) is 5.32 Å². The van der Waals surface area contributed by atoms with Crippen molar-refractivity contribution >= 4 is 33.0 Å². The van der Waals surface area contributed by atoms with E-state index in [0.717, 1.165) is 16.9 Å². The first kappa shape index (κ1) is 15.5. The maximum absolute atomic E-state index is 12.7. The SMILES string of the molecule is CNC(=O)c1sccc1S(=O)(=O)N(C)c1ccc(C)cc1. The molecule has 1 amide bonds. The summed E-state index contributed by atoms with van der Waals surface area (Å²) in [5.41, 5.74) is 1.60. The molecule has 0 radical (unpaired) electrons. The molecule has 0 aliphatic carbocycles. The van der Waals surface area contributed by atoms with Gasteiger partial charge < -0.3 is 5.32 Å². The molecule has 0 saturated carbocycles. The van der Waals surface area contributed by atoms with Gasteiger partial charge in [-0.15, -0.1) is 11.3 Å². The Hall–Kier alpha value is -1.86. The van der Waals surface area contributed by atoms with Gasteiger partial charge in [0.25, 0.3) is 15.9 Å². The van der Waals surface area contributed by atoms with Crippen molar-refractivity contribution in [2.75, 3.05) is 18.4 Å². The molecule has 0 saturated heterocycles. The van der Waals surface area contributed by atoms with Crippen LogP contribution in [0.15, 0.2) is 40.6 Å². The molecular formula is C14H16N2O3S2. The maximum atomic E-state index is 12.7. The molecule has 0 atom stereocenters. The van der Waals surface area contributed by atoms with Crippen LogP contribution in [0.4, 0.5) is 5.69 Å². The Bertz CT molecular complexity index is 749. The molecule has 0 spiro atoms. The number of hydrogen-bond donors (Lipinski definition) is 1. The lowest BCUT2D eigenvalue weighted by molar-refractivity contribution is 0.0964. The first-order valence-electron chi connectivity index (χ1n) is 6.23. The van der Waals surface area contributed by atoms with Gasteiger partial charge in [0.1, 0.15) is 9.77 Å². The van der Waals surface area contributed by atoms with E-state index >= 15 is 0 Å². The highest BCUT2D eigenvalue weighted by Crippen LogP contribution is 2.27. The van der Waals surface area contributed by atoms with Crippen LogP contribution in [0.1, 0.15) is 15.2 Å². The Kier molecular flexibility index (Phi) is 4.34. The number of hydrogen-bond acceptors (Lipinski definition) is 4. The second-order valence-corrected chi connectivity index (χ2v) is 7.35. The van der Waals surface area contributed by atoms with E-state index in [0.29, 0.717) is 5.69 Å². The lowest BCUT2D eigenvalue weighted by Crippen LogP contribution is -2.28. The Morgan fingerprint density at radius 3 is 2.38 bits per heavy atom. The number of nitrogens with zero attached hydrogens (tertiary/aromatic N) is 1. The van der Waals surface area contributed by atoms with Crippen molar-refractivity contribution in [2.45, 2.75) is 11.8 Å². The van der Waals surface area contributed by atoms with Gasteiger partial charge in [-0.05, 0) is 30.5 Å². The largest absolute Gasteiger partial charge is 0.354 e. The van der Waals surface area contributed by atoms with Gasteiger partial charge in [0.05, 0.1) is 5.69 Å². The molecule has 7 heteroatoms. The van der Waals surface area contributed by atoms with E-state index in [2.05, 4.69) is 5.32 Å². The highest BCUT2D eigenvalue weighted by molar-refractivity contribution is 7.93. The van der Waals surface area contributed by atoms with Crippen molar-refractivity contribution in [3.05, 3.63) is 46.2 Å². The number of rotatable bonds is 4. The smallest absolute Gasteiger partial charge is 0.265 e. The van der Waals surface area contributed by atoms with Gasteiger partial charge in [0, 0.05) is 14.1 Å². The van der Waals surface area contributed by atoms with Gasteiger partial charge in [0.2, 0.25) is 0 Å². The summed E-state index contributed by atoms with van der Waals surface area (Å²) >= 11 is 1.11. The van der Waals surface area contributed by atoms with Gasteiger partial charge in [0.15, 0.2) is 0 Å². The third-order valence-electron chi connectivity index (χ3n) is 3.10. The van der Waals surface area contributed by atoms with E-state index in [1.165, 1.54) is 24.5 Å². The summed E-state index contributed by atoms with van der Waals surface area (Å²) in [4.78, 5) is 12.0. The molecule has 1 N–H and O–H groups in total. The Balaban J connectivity index is 2.45. The number of amides is 1. The van der Waals surface area contributed by atoms with E-state index in [4.69, 9.17) is 0 Å². The number of thiophene rings is 1. The molecule has 2 aromatic rings. The van der Waals surface area contributed by atoms with Crippen LogP contribution in [0, 0.1) is 6.92 Å². The molecule has 5 nitrogen and oxygen atoms in total. The topological polar surface area (TPSA) is 66.5 Å². The summed E-state index contributed by atoms with van der Waals surface area (Å²) < 4.78 is 26.5. The quantitative estimate of drug-likeness (QED) is 0.938. The molecule has 1 aromatic heterocycles. The van der Waals surface area contributed by atoms with Crippen LogP contribution in [0.5, 0.6) is 0 Å². The van der Waals surface area contributed by atoms with Crippen LogP contribution >= 0.6 is 11.3 Å². The van der Waals surface area contributed by atoms with E-state index in [-0.39, 0.29) is 9.77 Å². The molecule has 112 valence electrons. The van der Waals surface area contributed by atoms with E-state index in [1.807, 2.05) is 19.1 Å². The fraction of sp³-hybridized carbons (Fsp3) is 0.214. The van der Waals surface area contributed by atoms with Crippen molar-refractivity contribution in [3.8, 4) is 0 Å². The van der Waals surface area contributed by atoms with Crippen LogP contribution in [0.25, 0.3) is 0 Å². The first-order valence-corrected chi connectivity index (χ1v) is 8.55. The molecule has 21 heavy (non-hydrogen) atoms. The lowest BCUT2D eigenvalue weighted by Gasteiger charge is -2.19. The number of carbonyl (C=O) groups excluding carboxylic acids is 1. The van der Waals surface area contributed by atoms with Crippen molar-refractivity contribution in [1.29, 1.82) is 0 Å². The van der Waals surface area contributed by atoms with Crippen LogP contribution < -0.4 is 9.62 Å². The number of aryl methyl sites for hydroxylation is 1. The standard InChI is InChI=1S/C14H16N2O3S2/c1-10-4-6-11(7-5-10)16(3)21(18,19)12-8-9-20-13(12)14(17)15-2/h4-9H,1-3H3,(H,15,17). The summed E-state index contributed by atoms with van der Waals surface area (Å²) in [5, 5.41) is 4.05. The van der Waals surface area contributed by atoms with E-state index < -0.39 is 15.9 Å². The van der Waals surface area contributed by atoms with Gasteiger partial charge in [-0.25, -0.2) is 8.42 Å². The highest BCUT2D eigenvalue weighted by atomic mass is 32.2. The minimum absolute atomic E-state index is 0.0231. The minimum Gasteiger partial charge on any atom is -0.354 e. The highest BCUT2D eigenvalue weighted by Gasteiger charge is 2.27. The Labute approximate surface area is 128 Å². The lowest BCUT2D eigenvalue weighted by atomic mass is 10.2. The molecule has 0 bridgehead atoms. The summed E-state index contributed by atoms with van der Waals surface area (Å²) in [6.45, 7) is 1.93. The van der Waals surface area contributed by atoms with Crippen LogP contribution in [-0.2, 0) is 10.0 Å². The number of sulfonamides is 1. The average molecular weight is 324 g/mol. The Morgan fingerprint density at radius 1 is 1.19 bits per heavy atom. The molecule has 0 unspecified atom stereocenters. The Morgan fingerprint density at radius 2 is 1.81 bits per heavy atom. The number of anilines is 1. The van der Waals surface area contributed by atoms with E-state index in [1.54, 1.807) is 17.5 Å². The molecule has 0 fully saturated rings. The van der Waals surface area contributed by atoms with Gasteiger partial charge in [-0.2, -0.15) is 0 Å². The average Bonchev–Trinajstić information content (AvgIpc) is 2.96. The zero-order valence-electron chi connectivity index (χ0n) is 12.0. The third-order valence-corrected chi connectivity index (χ3v) is 5.97. The van der Waals surface area contributed by atoms with Crippen LogP contribution in [0.2, 0.25) is 0 Å². The number of benzene rings is 1. The van der Waals surface area contributed by atoms with Gasteiger partial charge in [-0.1, -0.05) is 17.7 Å². The number of carbonyl (C=O) groups is 1. The third kappa shape index (κ3) is 2.93. The number of nitrogens with one attached hydrogen (secondary N) is 1. The van der Waals surface area contributed by atoms with Gasteiger partial charge in [-0.3, -0.25) is 9.10 Å². The first-order chi connectivity index (χ1) is 9.87.